The van der Waals surface area contributed by atoms with Crippen LogP contribution in [0, 0.1) is 0 Å². The number of likely N-dealkylation sites (N-methyl/N-ethyl adjacent to an activating group) is 1. The van der Waals surface area contributed by atoms with Crippen LogP contribution in [0.15, 0.2) is 71.7 Å². The van der Waals surface area contributed by atoms with Gasteiger partial charge in [-0.2, -0.15) is 0 Å². The summed E-state index contributed by atoms with van der Waals surface area (Å²) in [6.07, 6.45) is 1.74. The number of nitrogens with zero attached hydrogens (tertiary/aromatic N) is 4. The minimum Gasteiger partial charge on any atom is -0.368 e. The lowest BCUT2D eigenvalue weighted by Gasteiger charge is -2.36. The lowest BCUT2D eigenvalue weighted by atomic mass is 10.1. The summed E-state index contributed by atoms with van der Waals surface area (Å²) in [5.74, 6) is 0.0857. The molecule has 2 aromatic heterocycles. The van der Waals surface area contributed by atoms with E-state index in [1.54, 1.807) is 11.1 Å². The van der Waals surface area contributed by atoms with Crippen LogP contribution in [0.2, 0.25) is 0 Å². The maximum atomic E-state index is 12.7. The summed E-state index contributed by atoms with van der Waals surface area (Å²) in [5.41, 5.74) is 2.45. The molecule has 5 rings (SSSR count). The van der Waals surface area contributed by atoms with Crippen LogP contribution in [-0.4, -0.2) is 60.5 Å². The Morgan fingerprint density at radius 1 is 0.969 bits per heavy atom. The number of carbonyl (C=O) groups is 1. The highest BCUT2D eigenvalue weighted by molar-refractivity contribution is 6.10. The Morgan fingerprint density at radius 3 is 2.41 bits per heavy atom. The molecule has 0 spiro atoms. The molecule has 0 saturated carbocycles. The fourth-order valence-corrected chi connectivity index (χ4v) is 4.39. The molecule has 1 fully saturated rings. The molecule has 1 saturated heterocycles. The number of hydrogen-bond donors (Lipinski definition) is 1. The number of hydrogen-bond acceptors (Lipinski definition) is 5. The molecule has 1 aliphatic heterocycles. The summed E-state index contributed by atoms with van der Waals surface area (Å²) in [6, 6.07) is 19.4. The first kappa shape index (κ1) is 20.2. The second-order valence-electron chi connectivity index (χ2n) is 8.10. The van der Waals surface area contributed by atoms with Crippen molar-refractivity contribution in [2.24, 2.45) is 0 Å². The summed E-state index contributed by atoms with van der Waals surface area (Å²) in [5, 5.41) is 2.55. The van der Waals surface area contributed by atoms with Gasteiger partial charge in [-0.1, -0.05) is 36.4 Å². The van der Waals surface area contributed by atoms with E-state index in [0.717, 1.165) is 48.3 Å². The van der Waals surface area contributed by atoms with Gasteiger partial charge in [0.2, 0.25) is 5.91 Å². The maximum absolute atomic E-state index is 12.7. The van der Waals surface area contributed by atoms with E-state index >= 15 is 0 Å². The van der Waals surface area contributed by atoms with Crippen LogP contribution in [0.4, 0.5) is 11.4 Å². The summed E-state index contributed by atoms with van der Waals surface area (Å²) in [4.78, 5) is 38.7. The molecule has 4 aromatic rings. The molecule has 0 unspecified atom stereocenters. The average molecular weight is 428 g/mol. The molecule has 1 amide bonds. The van der Waals surface area contributed by atoms with Crippen molar-refractivity contribution in [1.82, 2.24) is 14.9 Å². The van der Waals surface area contributed by atoms with Gasteiger partial charge < -0.3 is 14.8 Å². The summed E-state index contributed by atoms with van der Waals surface area (Å²) in [7, 11) is 1.82. The van der Waals surface area contributed by atoms with Crippen molar-refractivity contribution in [1.29, 1.82) is 0 Å². The lowest BCUT2D eigenvalue weighted by Crippen LogP contribution is -2.49. The molecular weight excluding hydrogens is 402 g/mol. The quantitative estimate of drug-likeness (QED) is 0.507. The van der Waals surface area contributed by atoms with Gasteiger partial charge in [-0.15, -0.1) is 0 Å². The minimum atomic E-state index is -0.122. The molecule has 1 N–H and O–H groups in total. The van der Waals surface area contributed by atoms with Crippen LogP contribution < -0.4 is 15.4 Å². The van der Waals surface area contributed by atoms with Crippen LogP contribution >= 0.6 is 0 Å². The van der Waals surface area contributed by atoms with Crippen molar-refractivity contribution in [3.8, 4) is 0 Å². The van der Waals surface area contributed by atoms with E-state index < -0.39 is 0 Å². The number of pyridine rings is 2. The number of para-hydroxylation sites is 1. The van der Waals surface area contributed by atoms with Gasteiger partial charge >= 0.3 is 0 Å². The predicted octanol–water partition coefficient (Wildman–Crippen LogP) is 2.86. The number of anilines is 2. The maximum Gasteiger partial charge on any atom is 0.257 e. The Balaban J connectivity index is 1.34. The normalized spacial score (nSPS) is 14.7. The SMILES string of the molecule is CN(C(=O)CN1CCN(c2ccnc3[nH]c(=O)c4ccccc4c23)CC1)c1ccccc1. The second kappa shape index (κ2) is 8.43. The van der Waals surface area contributed by atoms with Gasteiger partial charge in [0.25, 0.3) is 5.56 Å². The first-order valence-corrected chi connectivity index (χ1v) is 10.8. The zero-order chi connectivity index (χ0) is 22.1. The Kier molecular flexibility index (Phi) is 5.33. The van der Waals surface area contributed by atoms with E-state index in [0.29, 0.717) is 17.6 Å². The number of nitrogens with one attached hydrogen (secondary N) is 1. The van der Waals surface area contributed by atoms with Crippen LogP contribution in [-0.2, 0) is 4.79 Å². The topological polar surface area (TPSA) is 72.5 Å². The first-order chi connectivity index (χ1) is 15.6. The monoisotopic (exact) mass is 427 g/mol. The van der Waals surface area contributed by atoms with Gasteiger partial charge in [-0.25, -0.2) is 4.98 Å². The van der Waals surface area contributed by atoms with E-state index in [1.807, 2.05) is 67.7 Å². The molecule has 7 nitrogen and oxygen atoms in total. The first-order valence-electron chi connectivity index (χ1n) is 10.8. The van der Waals surface area contributed by atoms with E-state index in [4.69, 9.17) is 0 Å². The molecule has 7 heteroatoms. The Morgan fingerprint density at radius 2 is 1.66 bits per heavy atom. The third kappa shape index (κ3) is 3.71. The second-order valence-corrected chi connectivity index (χ2v) is 8.10. The fraction of sp³-hybridized carbons (Fsp3) is 0.240. The van der Waals surface area contributed by atoms with Crippen molar-refractivity contribution in [3.05, 3.63) is 77.2 Å². The molecule has 0 bridgehead atoms. The third-order valence-electron chi connectivity index (χ3n) is 6.19. The van der Waals surface area contributed by atoms with Crippen LogP contribution in [0.1, 0.15) is 0 Å². The zero-order valence-electron chi connectivity index (χ0n) is 18.0. The number of rotatable bonds is 4. The average Bonchev–Trinajstić information content (AvgIpc) is 2.84. The standard InChI is InChI=1S/C25H25N5O2/c1-28(18-7-3-2-4-8-18)22(31)17-29-13-15-30(16-14-29)21-11-12-26-24-23(21)19-9-5-6-10-20(19)25(32)27-24/h2-12H,13-17H2,1H3,(H,26,27,32). The largest absolute Gasteiger partial charge is 0.368 e. The number of piperazine rings is 1. The van der Waals surface area contributed by atoms with Crippen molar-refractivity contribution in [2.45, 2.75) is 0 Å². The van der Waals surface area contributed by atoms with Crippen molar-refractivity contribution < 1.29 is 4.79 Å². The zero-order valence-corrected chi connectivity index (χ0v) is 18.0. The number of aromatic nitrogens is 2. The van der Waals surface area contributed by atoms with Crippen LogP contribution in [0.5, 0.6) is 0 Å². The Bertz CT molecular complexity index is 1330. The highest BCUT2D eigenvalue weighted by Crippen LogP contribution is 2.30. The number of carbonyl (C=O) groups excluding carboxylic acids is 1. The van der Waals surface area contributed by atoms with Crippen LogP contribution in [0.25, 0.3) is 21.8 Å². The van der Waals surface area contributed by atoms with Crippen LogP contribution in [0.3, 0.4) is 0 Å². The Hall–Kier alpha value is -3.71. The number of amides is 1. The lowest BCUT2D eigenvalue weighted by molar-refractivity contribution is -0.119. The van der Waals surface area contributed by atoms with Gasteiger partial charge in [0.1, 0.15) is 5.65 Å². The van der Waals surface area contributed by atoms with Crippen molar-refractivity contribution in [2.75, 3.05) is 49.6 Å². The Labute approximate surface area is 185 Å². The van der Waals surface area contributed by atoms with Gasteiger partial charge in [0.05, 0.1) is 6.54 Å². The number of aromatic amines is 1. The molecule has 2 aromatic carbocycles. The van der Waals surface area contributed by atoms with Gasteiger partial charge in [-0.3, -0.25) is 14.5 Å². The smallest absolute Gasteiger partial charge is 0.257 e. The minimum absolute atomic E-state index is 0.0857. The highest BCUT2D eigenvalue weighted by atomic mass is 16.2. The van der Waals surface area contributed by atoms with E-state index in [9.17, 15) is 9.59 Å². The molecular formula is C25H25N5O2. The third-order valence-corrected chi connectivity index (χ3v) is 6.19. The summed E-state index contributed by atoms with van der Waals surface area (Å²) in [6.45, 7) is 3.58. The molecule has 0 radical (unpaired) electrons. The van der Waals surface area contributed by atoms with Gasteiger partial charge in [0.15, 0.2) is 0 Å². The van der Waals surface area contributed by atoms with E-state index in [1.165, 1.54) is 0 Å². The number of fused-ring (bicyclic) bond motifs is 3. The molecule has 0 aliphatic carbocycles. The molecule has 32 heavy (non-hydrogen) atoms. The fourth-order valence-electron chi connectivity index (χ4n) is 4.39. The van der Waals surface area contributed by atoms with Gasteiger partial charge in [0, 0.05) is 67.0 Å². The molecule has 1 aliphatic rings. The predicted molar refractivity (Wildman–Crippen MR) is 128 cm³/mol. The number of benzene rings is 2. The van der Waals surface area contributed by atoms with Crippen molar-refractivity contribution >= 4 is 39.1 Å². The molecule has 0 atom stereocenters. The van der Waals surface area contributed by atoms with Crippen molar-refractivity contribution in [3.63, 3.8) is 0 Å². The highest BCUT2D eigenvalue weighted by Gasteiger charge is 2.23. The molecule has 162 valence electrons. The summed E-state index contributed by atoms with van der Waals surface area (Å²) >= 11 is 0. The van der Waals surface area contributed by atoms with E-state index in [-0.39, 0.29) is 11.5 Å². The summed E-state index contributed by atoms with van der Waals surface area (Å²) < 4.78 is 0. The van der Waals surface area contributed by atoms with Gasteiger partial charge in [-0.05, 0) is 24.3 Å². The number of H-pyrrole nitrogens is 1. The molecule has 3 heterocycles. The van der Waals surface area contributed by atoms with E-state index in [2.05, 4.69) is 19.8 Å².